The number of amides is 1. The van der Waals surface area contributed by atoms with Crippen molar-refractivity contribution < 1.29 is 17.9 Å². The van der Waals surface area contributed by atoms with Gasteiger partial charge in [-0.25, -0.2) is 8.42 Å². The molecule has 0 N–H and O–H groups in total. The molecule has 0 saturated carbocycles. The lowest BCUT2D eigenvalue weighted by Gasteiger charge is -2.30. The Morgan fingerprint density at radius 1 is 1.07 bits per heavy atom. The van der Waals surface area contributed by atoms with Crippen LogP contribution in [-0.4, -0.2) is 50.8 Å². The third-order valence-corrected chi connectivity index (χ3v) is 7.26. The molecule has 2 aromatic rings. The molecule has 1 amide bonds. The van der Waals surface area contributed by atoms with E-state index in [9.17, 15) is 13.2 Å². The topological polar surface area (TPSA) is 66.9 Å². The highest BCUT2D eigenvalue weighted by molar-refractivity contribution is 7.89. The molecule has 156 valence electrons. The summed E-state index contributed by atoms with van der Waals surface area (Å²) in [6.45, 7) is 4.03. The van der Waals surface area contributed by atoms with Crippen LogP contribution in [-0.2, 0) is 16.6 Å². The second kappa shape index (κ2) is 8.97. The zero-order chi connectivity index (χ0) is 21.0. The summed E-state index contributed by atoms with van der Waals surface area (Å²) in [6, 6.07) is 13.5. The molecule has 3 rings (SSSR count). The number of rotatable bonds is 6. The van der Waals surface area contributed by atoms with Gasteiger partial charge in [0.2, 0.25) is 10.0 Å². The van der Waals surface area contributed by atoms with Gasteiger partial charge in [0.1, 0.15) is 5.75 Å². The van der Waals surface area contributed by atoms with Crippen molar-refractivity contribution in [3.05, 3.63) is 59.7 Å². The first kappa shape index (κ1) is 21.3. The highest BCUT2D eigenvalue weighted by atomic mass is 32.2. The summed E-state index contributed by atoms with van der Waals surface area (Å²) in [7, 11) is -0.522. The molecular weight excluding hydrogens is 388 g/mol. The minimum absolute atomic E-state index is 0.0441. The molecule has 2 aromatic carbocycles. The van der Waals surface area contributed by atoms with E-state index < -0.39 is 10.0 Å². The first-order chi connectivity index (χ1) is 13.8. The lowest BCUT2D eigenvalue weighted by atomic mass is 9.98. The van der Waals surface area contributed by atoms with Crippen molar-refractivity contribution in [1.82, 2.24) is 9.21 Å². The van der Waals surface area contributed by atoms with E-state index in [0.717, 1.165) is 31.5 Å². The standard InChI is InChI=1S/C22H28N2O4S/c1-17-12-14-24(15-13-17)22(25)19-6-4-18(5-7-19)16-23(2)29(26,27)21-10-8-20(28-3)9-11-21/h4-11,17H,12-16H2,1-3H3. The first-order valence-electron chi connectivity index (χ1n) is 9.80. The number of benzene rings is 2. The Hall–Kier alpha value is -2.38. The number of likely N-dealkylation sites (tertiary alicyclic amines) is 1. The molecule has 1 aliphatic rings. The number of piperidine rings is 1. The van der Waals surface area contributed by atoms with Crippen molar-refractivity contribution in [3.8, 4) is 5.75 Å². The van der Waals surface area contributed by atoms with Crippen molar-refractivity contribution in [2.24, 2.45) is 5.92 Å². The molecule has 0 spiro atoms. The Morgan fingerprint density at radius 2 is 1.66 bits per heavy atom. The Balaban J connectivity index is 1.66. The highest BCUT2D eigenvalue weighted by Gasteiger charge is 2.23. The quantitative estimate of drug-likeness (QED) is 0.724. The maximum atomic E-state index is 12.8. The predicted molar refractivity (Wildman–Crippen MR) is 112 cm³/mol. The number of sulfonamides is 1. The summed E-state index contributed by atoms with van der Waals surface area (Å²) in [5.41, 5.74) is 1.47. The predicted octanol–water partition coefficient (Wildman–Crippen LogP) is 3.39. The number of hydrogen-bond acceptors (Lipinski definition) is 4. The van der Waals surface area contributed by atoms with Crippen LogP contribution in [0.3, 0.4) is 0 Å². The first-order valence-corrected chi connectivity index (χ1v) is 11.2. The van der Waals surface area contributed by atoms with E-state index in [2.05, 4.69) is 6.92 Å². The smallest absolute Gasteiger partial charge is 0.253 e. The van der Waals surface area contributed by atoms with Gasteiger partial charge < -0.3 is 9.64 Å². The van der Waals surface area contributed by atoms with Gasteiger partial charge >= 0.3 is 0 Å². The number of ether oxygens (including phenoxy) is 1. The molecule has 1 heterocycles. The maximum absolute atomic E-state index is 12.8. The molecule has 1 fully saturated rings. The second-order valence-corrected chi connectivity index (χ2v) is 9.65. The van der Waals surface area contributed by atoms with E-state index in [-0.39, 0.29) is 17.3 Å². The van der Waals surface area contributed by atoms with Gasteiger partial charge in [0.05, 0.1) is 12.0 Å². The normalized spacial score (nSPS) is 15.5. The lowest BCUT2D eigenvalue weighted by molar-refractivity contribution is 0.0697. The van der Waals surface area contributed by atoms with Crippen molar-refractivity contribution in [1.29, 1.82) is 0 Å². The van der Waals surface area contributed by atoms with Crippen LogP contribution in [0, 0.1) is 5.92 Å². The average Bonchev–Trinajstić information content (AvgIpc) is 2.74. The van der Waals surface area contributed by atoms with Gasteiger partial charge in [0.25, 0.3) is 5.91 Å². The minimum Gasteiger partial charge on any atom is -0.497 e. The molecule has 1 saturated heterocycles. The SMILES string of the molecule is COc1ccc(S(=O)(=O)N(C)Cc2ccc(C(=O)N3CCC(C)CC3)cc2)cc1. The molecule has 6 nitrogen and oxygen atoms in total. The summed E-state index contributed by atoms with van der Waals surface area (Å²) in [6.07, 6.45) is 2.08. The molecule has 0 atom stereocenters. The molecule has 0 bridgehead atoms. The summed E-state index contributed by atoms with van der Waals surface area (Å²) in [5, 5.41) is 0. The maximum Gasteiger partial charge on any atom is 0.253 e. The Bertz CT molecular complexity index is 932. The van der Waals surface area contributed by atoms with Gasteiger partial charge in [0, 0.05) is 32.2 Å². The van der Waals surface area contributed by atoms with E-state index in [0.29, 0.717) is 17.2 Å². The lowest BCUT2D eigenvalue weighted by Crippen LogP contribution is -2.37. The number of hydrogen-bond donors (Lipinski definition) is 0. The third kappa shape index (κ3) is 4.97. The summed E-state index contributed by atoms with van der Waals surface area (Å²) in [4.78, 5) is 14.8. The fourth-order valence-electron chi connectivity index (χ4n) is 3.42. The monoisotopic (exact) mass is 416 g/mol. The van der Waals surface area contributed by atoms with Crippen LogP contribution in [0.4, 0.5) is 0 Å². The van der Waals surface area contributed by atoms with Crippen molar-refractivity contribution in [2.45, 2.75) is 31.2 Å². The fourth-order valence-corrected chi connectivity index (χ4v) is 4.58. The fraction of sp³-hybridized carbons (Fsp3) is 0.409. The van der Waals surface area contributed by atoms with E-state index in [1.54, 1.807) is 31.3 Å². The molecule has 7 heteroatoms. The van der Waals surface area contributed by atoms with Gasteiger partial charge in [-0.2, -0.15) is 4.31 Å². The molecule has 0 unspecified atom stereocenters. The van der Waals surface area contributed by atoms with Crippen molar-refractivity contribution in [2.75, 3.05) is 27.2 Å². The molecule has 0 aliphatic carbocycles. The number of carbonyl (C=O) groups excluding carboxylic acids is 1. The van der Waals surface area contributed by atoms with Crippen LogP contribution in [0.2, 0.25) is 0 Å². The van der Waals surface area contributed by atoms with Gasteiger partial charge in [0.15, 0.2) is 0 Å². The van der Waals surface area contributed by atoms with Crippen LogP contribution in [0.5, 0.6) is 5.75 Å². The van der Waals surface area contributed by atoms with Gasteiger partial charge in [-0.15, -0.1) is 0 Å². The molecular formula is C22H28N2O4S. The zero-order valence-corrected chi connectivity index (χ0v) is 18.0. The zero-order valence-electron chi connectivity index (χ0n) is 17.2. The van der Waals surface area contributed by atoms with Crippen LogP contribution in [0.15, 0.2) is 53.4 Å². The van der Waals surface area contributed by atoms with Crippen molar-refractivity contribution >= 4 is 15.9 Å². The van der Waals surface area contributed by atoms with Gasteiger partial charge in [-0.3, -0.25) is 4.79 Å². The second-order valence-electron chi connectivity index (χ2n) is 7.61. The largest absolute Gasteiger partial charge is 0.497 e. The van der Waals surface area contributed by atoms with E-state index in [4.69, 9.17) is 4.74 Å². The van der Waals surface area contributed by atoms with Crippen LogP contribution < -0.4 is 4.74 Å². The molecule has 1 aliphatic heterocycles. The van der Waals surface area contributed by atoms with Crippen LogP contribution in [0.1, 0.15) is 35.7 Å². The minimum atomic E-state index is -3.61. The Labute approximate surface area is 173 Å². The third-order valence-electron chi connectivity index (χ3n) is 5.44. The van der Waals surface area contributed by atoms with E-state index in [1.807, 2.05) is 17.0 Å². The van der Waals surface area contributed by atoms with E-state index in [1.165, 1.54) is 23.5 Å². The van der Waals surface area contributed by atoms with Gasteiger partial charge in [-0.1, -0.05) is 19.1 Å². The molecule has 29 heavy (non-hydrogen) atoms. The number of carbonyl (C=O) groups is 1. The van der Waals surface area contributed by atoms with Crippen LogP contribution in [0.25, 0.3) is 0 Å². The highest BCUT2D eigenvalue weighted by Crippen LogP contribution is 2.21. The summed E-state index contributed by atoms with van der Waals surface area (Å²) >= 11 is 0. The molecule has 0 aromatic heterocycles. The Morgan fingerprint density at radius 3 is 2.21 bits per heavy atom. The number of nitrogens with zero attached hydrogens (tertiary/aromatic N) is 2. The number of methoxy groups -OCH3 is 1. The average molecular weight is 417 g/mol. The van der Waals surface area contributed by atoms with Crippen LogP contribution >= 0.6 is 0 Å². The summed E-state index contributed by atoms with van der Waals surface area (Å²) in [5.74, 6) is 1.32. The van der Waals surface area contributed by atoms with Gasteiger partial charge in [-0.05, 0) is 60.7 Å². The van der Waals surface area contributed by atoms with Crippen molar-refractivity contribution in [3.63, 3.8) is 0 Å². The molecule has 0 radical (unpaired) electrons. The Kier molecular flexibility index (Phi) is 6.59. The van der Waals surface area contributed by atoms with E-state index >= 15 is 0 Å². The summed E-state index contributed by atoms with van der Waals surface area (Å²) < 4.78 is 31.9.